The van der Waals surface area contributed by atoms with Crippen molar-refractivity contribution < 1.29 is 9.90 Å². The van der Waals surface area contributed by atoms with E-state index in [1.54, 1.807) is 18.3 Å². The van der Waals surface area contributed by atoms with Crippen molar-refractivity contribution in [1.29, 1.82) is 0 Å². The number of phenols is 1. The van der Waals surface area contributed by atoms with Crippen LogP contribution in [0.3, 0.4) is 0 Å². The molecule has 0 unspecified atom stereocenters. The molecule has 4 rings (SSSR count). The number of fused-ring (bicyclic) bond motifs is 1. The van der Waals surface area contributed by atoms with Crippen molar-refractivity contribution in [2.45, 2.75) is 0 Å². The van der Waals surface area contributed by atoms with Crippen molar-refractivity contribution in [2.75, 3.05) is 0 Å². The lowest BCUT2D eigenvalue weighted by atomic mass is 10.1. The Bertz CT molecular complexity index is 1230. The Balaban J connectivity index is 1.40. The minimum Gasteiger partial charge on any atom is -0.507 e. The number of benzene rings is 4. The van der Waals surface area contributed by atoms with E-state index in [-0.39, 0.29) is 11.3 Å². The largest absolute Gasteiger partial charge is 0.507 e. The van der Waals surface area contributed by atoms with Crippen molar-refractivity contribution >= 4 is 35.0 Å². The van der Waals surface area contributed by atoms with Gasteiger partial charge < -0.3 is 5.11 Å². The van der Waals surface area contributed by atoms with Crippen LogP contribution >= 0.6 is 0 Å². The Kier molecular flexibility index (Phi) is 5.67. The zero-order chi connectivity index (χ0) is 20.8. The first-order valence-electron chi connectivity index (χ1n) is 9.57. The number of hydrazone groups is 1. The highest BCUT2D eigenvalue weighted by Crippen LogP contribution is 2.24. The third-order valence-electron chi connectivity index (χ3n) is 4.69. The third kappa shape index (κ3) is 4.62. The Labute approximate surface area is 174 Å². The molecule has 0 aliphatic heterocycles. The molecule has 0 spiro atoms. The smallest absolute Gasteiger partial charge is 0.275 e. The van der Waals surface area contributed by atoms with Crippen molar-refractivity contribution in [3.8, 4) is 5.75 Å². The van der Waals surface area contributed by atoms with Crippen LogP contribution in [0.25, 0.3) is 22.9 Å². The van der Waals surface area contributed by atoms with Crippen LogP contribution in [0.2, 0.25) is 0 Å². The molecule has 0 aliphatic rings. The fourth-order valence-corrected chi connectivity index (χ4v) is 3.09. The molecule has 4 aromatic carbocycles. The van der Waals surface area contributed by atoms with Crippen LogP contribution < -0.4 is 5.43 Å². The molecular formula is C26H20N2O2. The molecule has 4 aromatic rings. The first kappa shape index (κ1) is 19.2. The van der Waals surface area contributed by atoms with E-state index < -0.39 is 5.91 Å². The van der Waals surface area contributed by atoms with Crippen LogP contribution in [-0.4, -0.2) is 17.2 Å². The predicted molar refractivity (Wildman–Crippen MR) is 122 cm³/mol. The normalized spacial score (nSPS) is 11.3. The standard InChI is InChI=1S/C26H20N2O2/c29-25-17-23-9-5-4-8-22(23)16-24(25)26(30)28-27-18-21-14-12-20(13-15-21)11-10-19-6-2-1-3-7-19/h1-18,29H,(H,28,30)/b11-10+,27-18+. The SMILES string of the molecule is O=C(N/N=C/c1ccc(/C=C/c2ccccc2)cc1)c1cc2ccccc2cc1O. The van der Waals surface area contributed by atoms with E-state index >= 15 is 0 Å². The molecule has 0 atom stereocenters. The van der Waals surface area contributed by atoms with Crippen molar-refractivity contribution in [2.24, 2.45) is 5.10 Å². The summed E-state index contributed by atoms with van der Waals surface area (Å²) >= 11 is 0. The molecule has 0 bridgehead atoms. The zero-order valence-electron chi connectivity index (χ0n) is 16.2. The van der Waals surface area contributed by atoms with E-state index in [1.807, 2.05) is 84.9 Å². The number of amides is 1. The molecule has 0 heterocycles. The van der Waals surface area contributed by atoms with E-state index in [1.165, 1.54) is 0 Å². The summed E-state index contributed by atoms with van der Waals surface area (Å²) in [6, 6.07) is 28.7. The van der Waals surface area contributed by atoms with Gasteiger partial charge in [-0.25, -0.2) is 5.43 Å². The predicted octanol–water partition coefficient (Wildman–Crippen LogP) is 5.48. The van der Waals surface area contributed by atoms with Crippen molar-refractivity contribution in [1.82, 2.24) is 5.43 Å². The molecule has 1 amide bonds. The molecule has 2 N–H and O–H groups in total. The van der Waals surface area contributed by atoms with Crippen LogP contribution in [-0.2, 0) is 0 Å². The van der Waals surface area contributed by atoms with Crippen LogP contribution in [0, 0.1) is 0 Å². The minimum absolute atomic E-state index is 0.0732. The van der Waals surface area contributed by atoms with Crippen molar-refractivity contribution in [3.63, 3.8) is 0 Å². The number of hydrogen-bond acceptors (Lipinski definition) is 3. The lowest BCUT2D eigenvalue weighted by Gasteiger charge is -2.05. The zero-order valence-corrected chi connectivity index (χ0v) is 16.2. The topological polar surface area (TPSA) is 61.7 Å². The van der Waals surface area contributed by atoms with Gasteiger partial charge >= 0.3 is 0 Å². The monoisotopic (exact) mass is 392 g/mol. The highest BCUT2D eigenvalue weighted by atomic mass is 16.3. The summed E-state index contributed by atoms with van der Waals surface area (Å²) in [5, 5.41) is 15.9. The molecule has 4 heteroatoms. The molecule has 0 fully saturated rings. The number of nitrogens with zero attached hydrogens (tertiary/aromatic N) is 1. The van der Waals surface area contributed by atoms with Crippen LogP contribution in [0.1, 0.15) is 27.0 Å². The first-order chi connectivity index (χ1) is 14.7. The number of carbonyl (C=O) groups excluding carboxylic acids is 1. The Morgan fingerprint density at radius 1 is 0.733 bits per heavy atom. The molecule has 0 aliphatic carbocycles. The summed E-state index contributed by atoms with van der Waals surface area (Å²) in [5.41, 5.74) is 5.73. The van der Waals surface area contributed by atoms with Gasteiger partial charge in [-0.1, -0.05) is 91.0 Å². The number of aromatic hydroxyl groups is 1. The average Bonchev–Trinajstić information content (AvgIpc) is 2.78. The quantitative estimate of drug-likeness (QED) is 0.268. The fourth-order valence-electron chi connectivity index (χ4n) is 3.09. The highest BCUT2D eigenvalue weighted by Gasteiger charge is 2.11. The lowest BCUT2D eigenvalue weighted by molar-refractivity contribution is 0.0952. The van der Waals surface area contributed by atoms with E-state index in [9.17, 15) is 9.90 Å². The third-order valence-corrected chi connectivity index (χ3v) is 4.69. The van der Waals surface area contributed by atoms with Gasteiger partial charge in [-0.05, 0) is 39.6 Å². The van der Waals surface area contributed by atoms with E-state index in [0.29, 0.717) is 0 Å². The number of rotatable bonds is 5. The van der Waals surface area contributed by atoms with E-state index in [0.717, 1.165) is 27.5 Å². The Hall–Kier alpha value is -4.18. The maximum atomic E-state index is 12.4. The van der Waals surface area contributed by atoms with Crippen LogP contribution in [0.5, 0.6) is 5.75 Å². The molecule has 146 valence electrons. The van der Waals surface area contributed by atoms with Gasteiger partial charge in [0.15, 0.2) is 0 Å². The van der Waals surface area contributed by atoms with Gasteiger partial charge in [0.25, 0.3) is 5.91 Å². The van der Waals surface area contributed by atoms with Gasteiger partial charge in [-0.15, -0.1) is 0 Å². The summed E-state index contributed by atoms with van der Waals surface area (Å²) < 4.78 is 0. The molecule has 0 saturated carbocycles. The molecule has 0 radical (unpaired) electrons. The first-order valence-corrected chi connectivity index (χ1v) is 9.57. The number of phenolic OH excluding ortho intramolecular Hbond substituents is 1. The number of carbonyl (C=O) groups is 1. The lowest BCUT2D eigenvalue weighted by Crippen LogP contribution is -2.17. The second kappa shape index (κ2) is 8.88. The van der Waals surface area contributed by atoms with Crippen LogP contribution in [0.15, 0.2) is 96.1 Å². The number of nitrogens with one attached hydrogen (secondary N) is 1. The number of hydrogen-bond donors (Lipinski definition) is 2. The summed E-state index contributed by atoms with van der Waals surface area (Å²) in [6.45, 7) is 0. The van der Waals surface area contributed by atoms with Gasteiger partial charge in [0, 0.05) is 0 Å². The van der Waals surface area contributed by atoms with Gasteiger partial charge in [0.05, 0.1) is 11.8 Å². The van der Waals surface area contributed by atoms with E-state index in [2.05, 4.69) is 16.6 Å². The van der Waals surface area contributed by atoms with Gasteiger partial charge in [-0.2, -0.15) is 5.10 Å². The maximum Gasteiger partial charge on any atom is 0.275 e. The molecule has 0 aromatic heterocycles. The molecule has 4 nitrogen and oxygen atoms in total. The second-order valence-electron chi connectivity index (χ2n) is 6.83. The summed E-state index contributed by atoms with van der Waals surface area (Å²) in [5.74, 6) is -0.534. The van der Waals surface area contributed by atoms with E-state index in [4.69, 9.17) is 0 Å². The van der Waals surface area contributed by atoms with Gasteiger partial charge in [-0.3, -0.25) is 4.79 Å². The maximum absolute atomic E-state index is 12.4. The molecular weight excluding hydrogens is 372 g/mol. The molecule has 0 saturated heterocycles. The fraction of sp³-hybridized carbons (Fsp3) is 0. The summed E-state index contributed by atoms with van der Waals surface area (Å²) in [7, 11) is 0. The molecule has 30 heavy (non-hydrogen) atoms. The summed E-state index contributed by atoms with van der Waals surface area (Å²) in [6.07, 6.45) is 5.67. The van der Waals surface area contributed by atoms with Crippen LogP contribution in [0.4, 0.5) is 0 Å². The van der Waals surface area contributed by atoms with Crippen molar-refractivity contribution in [3.05, 3.63) is 113 Å². The second-order valence-corrected chi connectivity index (χ2v) is 6.83. The minimum atomic E-state index is -0.461. The van der Waals surface area contributed by atoms with Gasteiger partial charge in [0.2, 0.25) is 0 Å². The summed E-state index contributed by atoms with van der Waals surface area (Å²) in [4.78, 5) is 12.4. The Morgan fingerprint density at radius 3 is 2.00 bits per heavy atom. The highest BCUT2D eigenvalue weighted by molar-refractivity contribution is 6.01. The Morgan fingerprint density at radius 2 is 1.30 bits per heavy atom. The van der Waals surface area contributed by atoms with Gasteiger partial charge in [0.1, 0.15) is 5.75 Å². The average molecular weight is 392 g/mol.